The number of hydrogen-bond donors (Lipinski definition) is 1. The Morgan fingerprint density at radius 1 is 1.47 bits per heavy atom. The maximum absolute atomic E-state index is 4.58. The molecule has 94 valence electrons. The first-order chi connectivity index (χ1) is 8.33. The molecule has 1 aromatic rings. The first-order valence-electron chi connectivity index (χ1n) is 6.41. The number of nitrogens with one attached hydrogen (secondary N) is 1. The number of halogens is 1. The third-order valence-electron chi connectivity index (χ3n) is 3.55. The van der Waals surface area contributed by atoms with Crippen molar-refractivity contribution in [3.63, 3.8) is 0 Å². The Bertz CT molecular complexity index is 372. The van der Waals surface area contributed by atoms with Gasteiger partial charge in [-0.1, -0.05) is 0 Å². The summed E-state index contributed by atoms with van der Waals surface area (Å²) < 4.78 is 0.977. The van der Waals surface area contributed by atoms with E-state index in [1.165, 1.54) is 50.4 Å². The molecule has 17 heavy (non-hydrogen) atoms. The molecule has 0 radical (unpaired) electrons. The van der Waals surface area contributed by atoms with Crippen LogP contribution in [0.25, 0.3) is 0 Å². The first-order valence-corrected chi connectivity index (χ1v) is 8.08. The predicted molar refractivity (Wildman–Crippen MR) is 75.8 cm³/mol. The molecule has 2 fully saturated rings. The lowest BCUT2D eigenvalue weighted by Gasteiger charge is -2.30. The van der Waals surface area contributed by atoms with Crippen molar-refractivity contribution in [2.75, 3.05) is 24.5 Å². The summed E-state index contributed by atoms with van der Waals surface area (Å²) in [5.74, 6) is 0.798. The third kappa shape index (κ3) is 3.01. The Hall–Kier alpha value is -0.130. The summed E-state index contributed by atoms with van der Waals surface area (Å²) in [6.07, 6.45) is 5.38. The highest BCUT2D eigenvalue weighted by Crippen LogP contribution is 2.35. The van der Waals surface area contributed by atoms with Gasteiger partial charge in [0.2, 0.25) is 0 Å². The summed E-state index contributed by atoms with van der Waals surface area (Å²) in [4.78, 5) is 7.11. The second-order valence-electron chi connectivity index (χ2n) is 5.05. The van der Waals surface area contributed by atoms with Gasteiger partial charge in [-0.3, -0.25) is 0 Å². The standard InChI is InChI=1S/C12H18BrN3S/c13-11-8-17-12(15-11)16(10-3-4-10)7-9-2-1-5-14-6-9/h8-10,14H,1-7H2. The lowest BCUT2D eigenvalue weighted by atomic mass is 9.99. The van der Waals surface area contributed by atoms with Gasteiger partial charge in [0.25, 0.3) is 0 Å². The van der Waals surface area contributed by atoms with Gasteiger partial charge < -0.3 is 10.2 Å². The number of piperidine rings is 1. The Morgan fingerprint density at radius 3 is 2.94 bits per heavy atom. The number of hydrogen-bond acceptors (Lipinski definition) is 4. The van der Waals surface area contributed by atoms with Gasteiger partial charge >= 0.3 is 0 Å². The first kappa shape index (κ1) is 11.9. The molecule has 1 unspecified atom stereocenters. The van der Waals surface area contributed by atoms with Gasteiger partial charge in [0, 0.05) is 18.0 Å². The zero-order chi connectivity index (χ0) is 11.7. The number of anilines is 1. The van der Waals surface area contributed by atoms with Crippen LogP contribution in [0.1, 0.15) is 25.7 Å². The minimum Gasteiger partial charge on any atom is -0.345 e. The Morgan fingerprint density at radius 2 is 2.35 bits per heavy atom. The van der Waals surface area contributed by atoms with Crippen molar-refractivity contribution in [2.24, 2.45) is 5.92 Å². The molecule has 0 amide bonds. The van der Waals surface area contributed by atoms with Crippen LogP contribution < -0.4 is 10.2 Å². The van der Waals surface area contributed by atoms with Gasteiger partial charge in [-0.15, -0.1) is 11.3 Å². The van der Waals surface area contributed by atoms with Crippen molar-refractivity contribution in [1.29, 1.82) is 0 Å². The fraction of sp³-hybridized carbons (Fsp3) is 0.750. The molecule has 1 N–H and O–H groups in total. The Kier molecular flexibility index (Phi) is 3.68. The number of nitrogens with zero attached hydrogens (tertiary/aromatic N) is 2. The topological polar surface area (TPSA) is 28.2 Å². The molecule has 1 saturated carbocycles. The number of aromatic nitrogens is 1. The average molecular weight is 316 g/mol. The summed E-state index contributed by atoms with van der Waals surface area (Å²) in [6, 6.07) is 0.759. The molecule has 1 saturated heterocycles. The predicted octanol–water partition coefficient (Wildman–Crippen LogP) is 2.87. The molecular formula is C12H18BrN3S. The van der Waals surface area contributed by atoms with Crippen LogP contribution in [0.4, 0.5) is 5.13 Å². The molecule has 5 heteroatoms. The SMILES string of the molecule is Brc1csc(N(CC2CCCNC2)C2CC2)n1. The van der Waals surface area contributed by atoms with E-state index in [0.717, 1.165) is 16.6 Å². The van der Waals surface area contributed by atoms with E-state index < -0.39 is 0 Å². The minimum atomic E-state index is 0.759. The van der Waals surface area contributed by atoms with Crippen LogP contribution in [-0.2, 0) is 0 Å². The van der Waals surface area contributed by atoms with Crippen LogP contribution in [0.2, 0.25) is 0 Å². The molecule has 0 aromatic carbocycles. The molecule has 1 aliphatic carbocycles. The largest absolute Gasteiger partial charge is 0.345 e. The lowest BCUT2D eigenvalue weighted by Crippen LogP contribution is -2.39. The van der Waals surface area contributed by atoms with Crippen LogP contribution in [0, 0.1) is 5.92 Å². The quantitative estimate of drug-likeness (QED) is 0.926. The molecule has 0 bridgehead atoms. The third-order valence-corrected chi connectivity index (χ3v) is 5.14. The van der Waals surface area contributed by atoms with Gasteiger partial charge in [-0.25, -0.2) is 4.98 Å². The number of thiazole rings is 1. The van der Waals surface area contributed by atoms with Crippen LogP contribution in [0.15, 0.2) is 9.98 Å². The van der Waals surface area contributed by atoms with Gasteiger partial charge in [0.15, 0.2) is 5.13 Å². The molecule has 2 aliphatic rings. The van der Waals surface area contributed by atoms with Crippen molar-refractivity contribution in [3.8, 4) is 0 Å². The van der Waals surface area contributed by atoms with Gasteiger partial charge in [0.1, 0.15) is 4.60 Å². The normalized spacial score (nSPS) is 24.9. The number of rotatable bonds is 4. The highest BCUT2D eigenvalue weighted by molar-refractivity contribution is 9.10. The molecule has 1 aliphatic heterocycles. The summed E-state index contributed by atoms with van der Waals surface area (Å²) in [5.41, 5.74) is 0. The maximum Gasteiger partial charge on any atom is 0.186 e. The van der Waals surface area contributed by atoms with Gasteiger partial charge in [0.05, 0.1) is 0 Å². The molecule has 0 spiro atoms. The van der Waals surface area contributed by atoms with E-state index in [0.29, 0.717) is 0 Å². The van der Waals surface area contributed by atoms with E-state index in [2.05, 4.69) is 36.5 Å². The highest BCUT2D eigenvalue weighted by Gasteiger charge is 2.32. The summed E-state index contributed by atoms with van der Waals surface area (Å²) in [6.45, 7) is 3.55. The Labute approximate surface area is 115 Å². The maximum atomic E-state index is 4.58. The molecule has 1 atom stereocenters. The second-order valence-corrected chi connectivity index (χ2v) is 6.70. The second kappa shape index (κ2) is 5.24. The van der Waals surface area contributed by atoms with Crippen molar-refractivity contribution >= 4 is 32.4 Å². The molecule has 3 nitrogen and oxygen atoms in total. The zero-order valence-electron chi connectivity index (χ0n) is 9.86. The lowest BCUT2D eigenvalue weighted by molar-refractivity contribution is 0.376. The fourth-order valence-corrected chi connectivity index (χ4v) is 3.84. The van der Waals surface area contributed by atoms with Crippen LogP contribution in [0.5, 0.6) is 0 Å². The van der Waals surface area contributed by atoms with Gasteiger partial charge in [-0.05, 0) is 60.6 Å². The zero-order valence-corrected chi connectivity index (χ0v) is 12.3. The monoisotopic (exact) mass is 315 g/mol. The Balaban J connectivity index is 1.67. The van der Waals surface area contributed by atoms with Crippen LogP contribution in [-0.4, -0.2) is 30.7 Å². The summed E-state index contributed by atoms with van der Waals surface area (Å²) in [5, 5.41) is 6.79. The van der Waals surface area contributed by atoms with Crippen molar-refractivity contribution in [2.45, 2.75) is 31.7 Å². The van der Waals surface area contributed by atoms with Gasteiger partial charge in [-0.2, -0.15) is 0 Å². The van der Waals surface area contributed by atoms with Crippen molar-refractivity contribution < 1.29 is 0 Å². The van der Waals surface area contributed by atoms with E-state index in [4.69, 9.17) is 0 Å². The molecule has 2 heterocycles. The fourth-order valence-electron chi connectivity index (χ4n) is 2.50. The summed E-state index contributed by atoms with van der Waals surface area (Å²) >= 11 is 5.22. The van der Waals surface area contributed by atoms with E-state index in [1.807, 2.05) is 0 Å². The molecular weight excluding hydrogens is 298 g/mol. The van der Waals surface area contributed by atoms with E-state index in [9.17, 15) is 0 Å². The van der Waals surface area contributed by atoms with E-state index in [-0.39, 0.29) is 0 Å². The smallest absolute Gasteiger partial charge is 0.186 e. The highest BCUT2D eigenvalue weighted by atomic mass is 79.9. The van der Waals surface area contributed by atoms with Crippen molar-refractivity contribution in [1.82, 2.24) is 10.3 Å². The summed E-state index contributed by atoms with van der Waals surface area (Å²) in [7, 11) is 0. The minimum absolute atomic E-state index is 0.759. The van der Waals surface area contributed by atoms with Crippen LogP contribution >= 0.6 is 27.3 Å². The van der Waals surface area contributed by atoms with Crippen molar-refractivity contribution in [3.05, 3.63) is 9.98 Å². The van der Waals surface area contributed by atoms with E-state index >= 15 is 0 Å². The average Bonchev–Trinajstić information content (AvgIpc) is 3.10. The van der Waals surface area contributed by atoms with E-state index in [1.54, 1.807) is 11.3 Å². The molecule has 3 rings (SSSR count). The molecule has 1 aromatic heterocycles. The van der Waals surface area contributed by atoms with Crippen LogP contribution in [0.3, 0.4) is 0 Å².